The summed E-state index contributed by atoms with van der Waals surface area (Å²) in [5.74, 6) is 0. The van der Waals surface area contributed by atoms with E-state index in [-0.39, 0.29) is 0 Å². The maximum atomic E-state index is 3.58. The molecule has 0 spiro atoms. The summed E-state index contributed by atoms with van der Waals surface area (Å²) < 4.78 is 0. The molecule has 0 saturated heterocycles. The molecule has 3 nitrogen and oxygen atoms in total. The van der Waals surface area contributed by atoms with E-state index >= 15 is 0 Å². The highest BCUT2D eigenvalue weighted by Gasteiger charge is 2.19. The van der Waals surface area contributed by atoms with E-state index in [9.17, 15) is 0 Å². The van der Waals surface area contributed by atoms with Gasteiger partial charge in [-0.2, -0.15) is 0 Å². The molecule has 1 aliphatic rings. The second-order valence-corrected chi connectivity index (χ2v) is 5.17. The van der Waals surface area contributed by atoms with Crippen molar-refractivity contribution in [3.05, 3.63) is 0 Å². The first-order valence-electron chi connectivity index (χ1n) is 6.83. The maximum absolute atomic E-state index is 3.58. The van der Waals surface area contributed by atoms with Crippen molar-refractivity contribution in [3.63, 3.8) is 0 Å². The first-order chi connectivity index (χ1) is 7.72. The lowest BCUT2D eigenvalue weighted by Crippen LogP contribution is -2.30. The van der Waals surface area contributed by atoms with Gasteiger partial charge < -0.3 is 15.1 Å². The summed E-state index contributed by atoms with van der Waals surface area (Å²) in [7, 11) is 4.30. The van der Waals surface area contributed by atoms with E-state index in [1.807, 2.05) is 0 Å². The average Bonchev–Trinajstić information content (AvgIpc) is 3.05. The molecule has 1 aliphatic carbocycles. The molecule has 0 aromatic heterocycles. The van der Waals surface area contributed by atoms with E-state index in [4.69, 9.17) is 0 Å². The summed E-state index contributed by atoms with van der Waals surface area (Å²) in [6.45, 7) is 8.37. The first kappa shape index (κ1) is 13.9. The fraction of sp³-hybridized carbons (Fsp3) is 1.00. The molecular formula is C13H29N3. The molecule has 96 valence electrons. The van der Waals surface area contributed by atoms with Gasteiger partial charge in [0.2, 0.25) is 0 Å². The zero-order chi connectivity index (χ0) is 11.8. The molecule has 0 aromatic carbocycles. The lowest BCUT2D eigenvalue weighted by Gasteiger charge is -2.21. The van der Waals surface area contributed by atoms with Crippen molar-refractivity contribution in [2.45, 2.75) is 38.6 Å². The Balaban J connectivity index is 1.92. The Kier molecular flexibility index (Phi) is 7.01. The van der Waals surface area contributed by atoms with Crippen LogP contribution in [0, 0.1) is 0 Å². The predicted molar refractivity (Wildman–Crippen MR) is 70.9 cm³/mol. The van der Waals surface area contributed by atoms with Gasteiger partial charge in [-0.25, -0.2) is 0 Å². The Morgan fingerprint density at radius 3 is 2.31 bits per heavy atom. The Bertz CT molecular complexity index is 167. The largest absolute Gasteiger partial charge is 0.314 e. The van der Waals surface area contributed by atoms with Crippen molar-refractivity contribution in [3.8, 4) is 0 Å². The maximum Gasteiger partial charge on any atom is 0.00682 e. The third-order valence-electron chi connectivity index (χ3n) is 3.19. The fourth-order valence-corrected chi connectivity index (χ4v) is 1.93. The number of nitrogens with one attached hydrogen (secondary N) is 1. The van der Waals surface area contributed by atoms with E-state index in [0.717, 1.165) is 6.04 Å². The monoisotopic (exact) mass is 227 g/mol. The average molecular weight is 227 g/mol. The van der Waals surface area contributed by atoms with E-state index in [0.29, 0.717) is 0 Å². The first-order valence-corrected chi connectivity index (χ1v) is 6.83. The van der Waals surface area contributed by atoms with Crippen LogP contribution in [0.4, 0.5) is 0 Å². The molecule has 1 N–H and O–H groups in total. The van der Waals surface area contributed by atoms with Gasteiger partial charge in [-0.3, -0.25) is 0 Å². The minimum atomic E-state index is 0.865. The van der Waals surface area contributed by atoms with Crippen molar-refractivity contribution >= 4 is 0 Å². The standard InChI is InChI=1S/C13H29N3/c1-4-16(12-6-10-15(2)3)11-5-9-14-13-7-8-13/h13-14H,4-12H2,1-3H3. The molecule has 0 atom stereocenters. The topological polar surface area (TPSA) is 18.5 Å². The number of hydrogen-bond donors (Lipinski definition) is 1. The summed E-state index contributed by atoms with van der Waals surface area (Å²) in [5, 5.41) is 3.58. The molecule has 0 aliphatic heterocycles. The SMILES string of the molecule is CCN(CCCNC1CC1)CCCN(C)C. The lowest BCUT2D eigenvalue weighted by atomic mass is 10.3. The van der Waals surface area contributed by atoms with Crippen LogP contribution in [0.3, 0.4) is 0 Å². The van der Waals surface area contributed by atoms with E-state index in [1.165, 1.54) is 58.4 Å². The van der Waals surface area contributed by atoms with Gasteiger partial charge in [0.15, 0.2) is 0 Å². The molecule has 1 saturated carbocycles. The highest BCUT2D eigenvalue weighted by Crippen LogP contribution is 2.18. The van der Waals surface area contributed by atoms with Crippen molar-refractivity contribution in [1.82, 2.24) is 15.1 Å². The second-order valence-electron chi connectivity index (χ2n) is 5.17. The van der Waals surface area contributed by atoms with Crippen LogP contribution in [-0.2, 0) is 0 Å². The Morgan fingerprint density at radius 2 is 1.75 bits per heavy atom. The second kappa shape index (κ2) is 8.04. The zero-order valence-corrected chi connectivity index (χ0v) is 11.3. The van der Waals surface area contributed by atoms with Gasteiger partial charge in [-0.05, 0) is 72.5 Å². The zero-order valence-electron chi connectivity index (χ0n) is 11.3. The summed E-state index contributed by atoms with van der Waals surface area (Å²) in [6.07, 6.45) is 5.39. The summed E-state index contributed by atoms with van der Waals surface area (Å²) in [6, 6.07) is 0.865. The van der Waals surface area contributed by atoms with Gasteiger partial charge in [0, 0.05) is 6.04 Å². The molecule has 16 heavy (non-hydrogen) atoms. The Morgan fingerprint density at radius 1 is 1.06 bits per heavy atom. The van der Waals surface area contributed by atoms with Crippen molar-refractivity contribution in [2.75, 3.05) is 46.8 Å². The van der Waals surface area contributed by atoms with Crippen LogP contribution in [0.2, 0.25) is 0 Å². The summed E-state index contributed by atoms with van der Waals surface area (Å²) >= 11 is 0. The predicted octanol–water partition coefficient (Wildman–Crippen LogP) is 1.40. The number of rotatable bonds is 10. The smallest absolute Gasteiger partial charge is 0.00682 e. The van der Waals surface area contributed by atoms with Crippen molar-refractivity contribution in [2.24, 2.45) is 0 Å². The molecule has 3 heteroatoms. The minimum Gasteiger partial charge on any atom is -0.314 e. The normalized spacial score (nSPS) is 16.3. The third-order valence-corrected chi connectivity index (χ3v) is 3.19. The molecule has 0 aromatic rings. The molecule has 0 bridgehead atoms. The van der Waals surface area contributed by atoms with Gasteiger partial charge in [-0.15, -0.1) is 0 Å². The minimum absolute atomic E-state index is 0.865. The third kappa shape index (κ3) is 7.20. The highest BCUT2D eigenvalue weighted by molar-refractivity contribution is 4.80. The molecule has 0 unspecified atom stereocenters. The van der Waals surface area contributed by atoms with Crippen molar-refractivity contribution < 1.29 is 0 Å². The quantitative estimate of drug-likeness (QED) is 0.569. The molecule has 1 fully saturated rings. The molecule has 0 radical (unpaired) electrons. The van der Waals surface area contributed by atoms with Gasteiger partial charge >= 0.3 is 0 Å². The van der Waals surface area contributed by atoms with E-state index in [2.05, 4.69) is 36.1 Å². The van der Waals surface area contributed by atoms with Crippen LogP contribution in [0.15, 0.2) is 0 Å². The number of hydrogen-bond acceptors (Lipinski definition) is 3. The number of nitrogens with zero attached hydrogens (tertiary/aromatic N) is 2. The van der Waals surface area contributed by atoms with Crippen LogP contribution < -0.4 is 5.32 Å². The molecular weight excluding hydrogens is 198 g/mol. The summed E-state index contributed by atoms with van der Waals surface area (Å²) in [4.78, 5) is 4.83. The van der Waals surface area contributed by atoms with Gasteiger partial charge in [0.1, 0.15) is 0 Å². The lowest BCUT2D eigenvalue weighted by molar-refractivity contribution is 0.262. The van der Waals surface area contributed by atoms with Crippen LogP contribution in [0.1, 0.15) is 32.6 Å². The van der Waals surface area contributed by atoms with Gasteiger partial charge in [-0.1, -0.05) is 6.92 Å². The van der Waals surface area contributed by atoms with Crippen LogP contribution in [0.25, 0.3) is 0 Å². The van der Waals surface area contributed by atoms with Crippen LogP contribution >= 0.6 is 0 Å². The van der Waals surface area contributed by atoms with E-state index in [1.54, 1.807) is 0 Å². The summed E-state index contributed by atoms with van der Waals surface area (Å²) in [5.41, 5.74) is 0. The molecule has 0 heterocycles. The Hall–Kier alpha value is -0.120. The van der Waals surface area contributed by atoms with Crippen molar-refractivity contribution in [1.29, 1.82) is 0 Å². The van der Waals surface area contributed by atoms with Gasteiger partial charge in [0.05, 0.1) is 0 Å². The molecule has 0 amide bonds. The molecule has 1 rings (SSSR count). The highest BCUT2D eigenvalue weighted by atomic mass is 15.1. The fourth-order valence-electron chi connectivity index (χ4n) is 1.93. The van der Waals surface area contributed by atoms with E-state index < -0.39 is 0 Å². The van der Waals surface area contributed by atoms with Gasteiger partial charge in [0.25, 0.3) is 0 Å². The Labute approximate surface area is 101 Å². The van der Waals surface area contributed by atoms with Crippen LogP contribution in [0.5, 0.6) is 0 Å². The van der Waals surface area contributed by atoms with Crippen LogP contribution in [-0.4, -0.2) is 62.7 Å².